The summed E-state index contributed by atoms with van der Waals surface area (Å²) in [7, 11) is 1.99. The summed E-state index contributed by atoms with van der Waals surface area (Å²) >= 11 is 0. The van der Waals surface area contributed by atoms with Crippen molar-refractivity contribution in [2.75, 3.05) is 7.05 Å². The summed E-state index contributed by atoms with van der Waals surface area (Å²) in [6.07, 6.45) is 13.5. The van der Waals surface area contributed by atoms with Crippen molar-refractivity contribution in [3.63, 3.8) is 0 Å². The second-order valence-corrected chi connectivity index (χ2v) is 8.48. The Morgan fingerprint density at radius 2 is 1.94 bits per heavy atom. The largest absolute Gasteiger partial charge is 0.390 e. The first-order valence-electron chi connectivity index (χ1n) is 11.5. The van der Waals surface area contributed by atoms with E-state index < -0.39 is 12.2 Å². The standard InChI is InChI=1S/C24H36N6O2/c1-5-8-21-24(17-13-27-30(14-17)19(6-2)7-3)28-20(15-29(21)4)16(11-25)12-26-18-9-22(31)23(32)10-18/h8,11-15,18-19,22-23,25-26,31-32H,5-7,9-10H2,1-4H3/b16-12+,21-8-,25-11?/t18-,22+,23-. The van der Waals surface area contributed by atoms with E-state index in [2.05, 4.69) is 43.5 Å². The number of allylic oxidation sites excluding steroid dienone is 3. The second kappa shape index (κ2) is 10.7. The Labute approximate surface area is 190 Å². The molecular formula is C24H36N6O2. The molecule has 3 rings (SSSR count). The highest BCUT2D eigenvalue weighted by atomic mass is 16.3. The quantitative estimate of drug-likeness (QED) is 0.441. The molecule has 1 saturated carbocycles. The van der Waals surface area contributed by atoms with Crippen molar-refractivity contribution in [1.82, 2.24) is 20.0 Å². The van der Waals surface area contributed by atoms with Gasteiger partial charge in [-0.05, 0) is 32.1 Å². The lowest BCUT2D eigenvalue weighted by molar-refractivity contribution is 0.0438. The fourth-order valence-electron chi connectivity index (χ4n) is 4.26. The van der Waals surface area contributed by atoms with Crippen LogP contribution in [-0.2, 0) is 0 Å². The first kappa shape index (κ1) is 23.9. The van der Waals surface area contributed by atoms with Crippen LogP contribution < -0.4 is 5.32 Å². The molecule has 0 amide bonds. The third-order valence-corrected chi connectivity index (χ3v) is 6.18. The number of aliphatic hydroxyl groups excluding tert-OH is 2. The lowest BCUT2D eigenvalue weighted by atomic mass is 10.1. The van der Waals surface area contributed by atoms with Crippen molar-refractivity contribution in [2.24, 2.45) is 4.99 Å². The van der Waals surface area contributed by atoms with Crippen LogP contribution in [0.15, 0.2) is 52.8 Å². The van der Waals surface area contributed by atoms with Gasteiger partial charge >= 0.3 is 0 Å². The molecule has 3 atom stereocenters. The Kier molecular flexibility index (Phi) is 8.04. The number of likely N-dealkylation sites (N-methyl/N-ethyl adjacent to an activating group) is 1. The second-order valence-electron chi connectivity index (χ2n) is 8.48. The average Bonchev–Trinajstić information content (AvgIpc) is 3.38. The highest BCUT2D eigenvalue weighted by molar-refractivity contribution is 6.13. The van der Waals surface area contributed by atoms with Gasteiger partial charge in [0.05, 0.1) is 41.6 Å². The topological polar surface area (TPSA) is 110 Å². The summed E-state index contributed by atoms with van der Waals surface area (Å²) in [6.45, 7) is 6.44. The maximum absolute atomic E-state index is 9.78. The van der Waals surface area contributed by atoms with E-state index >= 15 is 0 Å². The number of aromatic nitrogens is 2. The molecule has 32 heavy (non-hydrogen) atoms. The van der Waals surface area contributed by atoms with E-state index in [1.54, 1.807) is 6.20 Å². The smallest absolute Gasteiger partial charge is 0.0974 e. The van der Waals surface area contributed by atoms with Crippen LogP contribution in [0.2, 0.25) is 0 Å². The normalized spacial score (nSPS) is 25.3. The maximum atomic E-state index is 9.78. The summed E-state index contributed by atoms with van der Waals surface area (Å²) in [5.41, 5.74) is 4.11. The molecule has 1 aliphatic carbocycles. The van der Waals surface area contributed by atoms with Gasteiger partial charge in [-0.15, -0.1) is 0 Å². The predicted octanol–water partition coefficient (Wildman–Crippen LogP) is 3.12. The Bertz CT molecular complexity index is 915. The van der Waals surface area contributed by atoms with Crippen LogP contribution in [0.1, 0.15) is 64.5 Å². The minimum absolute atomic E-state index is 0.0332. The molecule has 1 fully saturated rings. The molecule has 8 heteroatoms. The minimum Gasteiger partial charge on any atom is -0.390 e. The number of hydrogen-bond acceptors (Lipinski definition) is 7. The SMILES string of the molecule is CC/C=C1/C(c2cnn(C(CC)CC)c2)=NC(/C(C=N)=C/N[C@H]2C[C@@H](O)[C@@H](O)C2)=CN1C. The fourth-order valence-corrected chi connectivity index (χ4v) is 4.26. The molecule has 2 heterocycles. The number of aliphatic hydroxyl groups is 2. The monoisotopic (exact) mass is 440 g/mol. The van der Waals surface area contributed by atoms with Crippen LogP contribution in [0.5, 0.6) is 0 Å². The van der Waals surface area contributed by atoms with Crippen molar-refractivity contribution in [3.8, 4) is 0 Å². The summed E-state index contributed by atoms with van der Waals surface area (Å²) < 4.78 is 2.02. The highest BCUT2D eigenvalue weighted by Gasteiger charge is 2.31. The third-order valence-electron chi connectivity index (χ3n) is 6.18. The van der Waals surface area contributed by atoms with Crippen molar-refractivity contribution in [1.29, 1.82) is 5.41 Å². The molecule has 1 aromatic rings. The molecule has 2 aliphatic rings. The van der Waals surface area contributed by atoms with E-state index in [-0.39, 0.29) is 6.04 Å². The molecule has 8 nitrogen and oxygen atoms in total. The molecule has 174 valence electrons. The lowest BCUT2D eigenvalue weighted by Gasteiger charge is -2.26. The van der Waals surface area contributed by atoms with Gasteiger partial charge in [0.25, 0.3) is 0 Å². The van der Waals surface area contributed by atoms with Gasteiger partial charge in [-0.1, -0.05) is 26.8 Å². The first-order valence-corrected chi connectivity index (χ1v) is 11.5. The number of hydrogen-bond donors (Lipinski definition) is 4. The van der Waals surface area contributed by atoms with Gasteiger partial charge in [-0.2, -0.15) is 5.10 Å². The molecule has 1 aromatic heterocycles. The summed E-state index contributed by atoms with van der Waals surface area (Å²) in [6, 6.07) is 0.326. The highest BCUT2D eigenvalue weighted by Crippen LogP contribution is 2.26. The Hall–Kier alpha value is -2.71. The molecule has 1 aliphatic heterocycles. The lowest BCUT2D eigenvalue weighted by Crippen LogP contribution is -2.25. The molecule has 0 radical (unpaired) electrons. The van der Waals surface area contributed by atoms with E-state index in [0.717, 1.165) is 36.2 Å². The zero-order valence-electron chi connectivity index (χ0n) is 19.5. The predicted molar refractivity (Wildman–Crippen MR) is 128 cm³/mol. The Balaban J connectivity index is 1.91. The summed E-state index contributed by atoms with van der Waals surface area (Å²) in [4.78, 5) is 6.97. The van der Waals surface area contributed by atoms with E-state index in [9.17, 15) is 10.2 Å². The zero-order valence-corrected chi connectivity index (χ0v) is 19.5. The number of nitrogens with one attached hydrogen (secondary N) is 2. The van der Waals surface area contributed by atoms with Crippen LogP contribution in [0.3, 0.4) is 0 Å². The van der Waals surface area contributed by atoms with E-state index in [1.807, 2.05) is 29.0 Å². The van der Waals surface area contributed by atoms with E-state index in [0.29, 0.717) is 30.2 Å². The van der Waals surface area contributed by atoms with Gasteiger partial charge in [-0.3, -0.25) is 4.68 Å². The van der Waals surface area contributed by atoms with Gasteiger partial charge in [0.1, 0.15) is 0 Å². The van der Waals surface area contributed by atoms with Gasteiger partial charge in [0.15, 0.2) is 0 Å². The van der Waals surface area contributed by atoms with Crippen LogP contribution in [0.4, 0.5) is 0 Å². The summed E-state index contributed by atoms with van der Waals surface area (Å²) in [5.74, 6) is 0. The average molecular weight is 441 g/mol. The van der Waals surface area contributed by atoms with Gasteiger partial charge in [-0.25, -0.2) is 4.99 Å². The number of nitrogens with zero attached hydrogens (tertiary/aromatic N) is 4. The molecular weight excluding hydrogens is 404 g/mol. The van der Waals surface area contributed by atoms with Crippen LogP contribution in [-0.4, -0.2) is 62.1 Å². The third kappa shape index (κ3) is 5.19. The van der Waals surface area contributed by atoms with Crippen molar-refractivity contribution in [2.45, 2.75) is 77.2 Å². The maximum Gasteiger partial charge on any atom is 0.0974 e. The van der Waals surface area contributed by atoms with Gasteiger partial charge < -0.3 is 25.8 Å². The summed E-state index contributed by atoms with van der Waals surface area (Å²) in [5, 5.41) is 35.3. The molecule has 0 saturated heterocycles. The first-order chi connectivity index (χ1) is 15.4. The zero-order chi connectivity index (χ0) is 23.3. The van der Waals surface area contributed by atoms with Crippen LogP contribution in [0.25, 0.3) is 0 Å². The Morgan fingerprint density at radius 3 is 2.53 bits per heavy atom. The van der Waals surface area contributed by atoms with E-state index in [4.69, 9.17) is 10.4 Å². The van der Waals surface area contributed by atoms with Gasteiger partial charge in [0.2, 0.25) is 0 Å². The fraction of sp³-hybridized carbons (Fsp3) is 0.542. The number of rotatable bonds is 9. The van der Waals surface area contributed by atoms with Crippen LogP contribution in [0, 0.1) is 5.41 Å². The molecule has 0 spiro atoms. The molecule has 0 aromatic carbocycles. The molecule has 4 N–H and O–H groups in total. The van der Waals surface area contributed by atoms with Crippen molar-refractivity contribution < 1.29 is 10.2 Å². The van der Waals surface area contributed by atoms with Crippen molar-refractivity contribution in [3.05, 3.63) is 53.4 Å². The van der Waals surface area contributed by atoms with Crippen molar-refractivity contribution >= 4 is 11.9 Å². The Morgan fingerprint density at radius 1 is 1.25 bits per heavy atom. The minimum atomic E-state index is -0.706. The van der Waals surface area contributed by atoms with Gasteiger partial charge in [0, 0.05) is 49.0 Å². The number of aliphatic imine (C=N–C) groups is 1. The van der Waals surface area contributed by atoms with Crippen LogP contribution >= 0.6 is 0 Å². The molecule has 0 bridgehead atoms. The van der Waals surface area contributed by atoms with E-state index in [1.165, 1.54) is 6.21 Å². The molecule has 0 unspecified atom stereocenters.